The molecule has 1 saturated heterocycles. The van der Waals surface area contributed by atoms with Crippen LogP contribution in [-0.4, -0.2) is 74.4 Å². The lowest BCUT2D eigenvalue weighted by atomic mass is 9.98. The van der Waals surface area contributed by atoms with E-state index < -0.39 is 49.1 Å². The monoisotopic (exact) mass is 309 g/mol. The molecule has 22 heavy (non-hydrogen) atoms. The fourth-order valence-corrected chi connectivity index (χ4v) is 2.73. The summed E-state index contributed by atoms with van der Waals surface area (Å²) in [6.45, 7) is -0.634. The molecule has 0 radical (unpaired) electrons. The molecule has 0 spiro atoms. The van der Waals surface area contributed by atoms with Gasteiger partial charge in [0.2, 0.25) is 0 Å². The van der Waals surface area contributed by atoms with E-state index in [0.717, 1.165) is 0 Å². The van der Waals surface area contributed by atoms with E-state index in [4.69, 9.17) is 9.84 Å². The van der Waals surface area contributed by atoms with Crippen molar-refractivity contribution in [1.82, 2.24) is 4.90 Å². The minimum absolute atomic E-state index is 0.171. The van der Waals surface area contributed by atoms with Gasteiger partial charge in [-0.05, 0) is 12.1 Å². The minimum Gasteiger partial charge on any atom is -0.394 e. The Morgan fingerprint density at radius 1 is 0.955 bits per heavy atom. The lowest BCUT2D eigenvalue weighted by Crippen LogP contribution is -2.64. The van der Waals surface area contributed by atoms with Crippen LogP contribution < -0.4 is 0 Å². The molecule has 0 bridgehead atoms. The van der Waals surface area contributed by atoms with Crippen molar-refractivity contribution in [2.75, 3.05) is 6.61 Å². The molecule has 2 aliphatic heterocycles. The van der Waals surface area contributed by atoms with Crippen LogP contribution >= 0.6 is 0 Å². The van der Waals surface area contributed by atoms with Crippen LogP contribution in [0.25, 0.3) is 0 Å². The predicted molar refractivity (Wildman–Crippen MR) is 70.7 cm³/mol. The normalized spacial score (nSPS) is 34.9. The molecule has 0 aromatic heterocycles. The molecule has 4 N–H and O–H groups in total. The Morgan fingerprint density at radius 3 is 2.00 bits per heavy atom. The van der Waals surface area contributed by atoms with Gasteiger partial charge in [0.25, 0.3) is 11.8 Å². The first-order valence-electron chi connectivity index (χ1n) is 6.74. The van der Waals surface area contributed by atoms with Gasteiger partial charge in [0, 0.05) is 0 Å². The van der Waals surface area contributed by atoms with E-state index in [-0.39, 0.29) is 11.1 Å². The zero-order valence-corrected chi connectivity index (χ0v) is 11.4. The summed E-state index contributed by atoms with van der Waals surface area (Å²) in [7, 11) is 0. The number of hydrogen-bond donors (Lipinski definition) is 4. The van der Waals surface area contributed by atoms with Crippen molar-refractivity contribution < 1.29 is 34.8 Å². The number of aliphatic hydroxyl groups excluding tert-OH is 4. The lowest BCUT2D eigenvalue weighted by molar-refractivity contribution is -0.250. The summed E-state index contributed by atoms with van der Waals surface area (Å²) in [6, 6.07) is 6.14. The van der Waals surface area contributed by atoms with E-state index in [1.807, 2.05) is 0 Å². The number of carbonyl (C=O) groups excluding carboxylic acids is 2. The summed E-state index contributed by atoms with van der Waals surface area (Å²) in [6.07, 6.45) is -7.55. The van der Waals surface area contributed by atoms with E-state index >= 15 is 0 Å². The number of ether oxygens (including phenoxy) is 1. The van der Waals surface area contributed by atoms with Crippen LogP contribution in [-0.2, 0) is 4.74 Å². The Kier molecular flexibility index (Phi) is 3.71. The lowest BCUT2D eigenvalue weighted by Gasteiger charge is -2.42. The highest BCUT2D eigenvalue weighted by Crippen LogP contribution is 2.30. The van der Waals surface area contributed by atoms with Crippen molar-refractivity contribution >= 4 is 11.8 Å². The van der Waals surface area contributed by atoms with Gasteiger partial charge in [0.05, 0.1) is 17.7 Å². The number of nitrogens with zero attached hydrogens (tertiary/aromatic N) is 1. The first-order valence-corrected chi connectivity index (χ1v) is 6.74. The second-order valence-corrected chi connectivity index (χ2v) is 5.25. The van der Waals surface area contributed by atoms with Crippen LogP contribution in [0.5, 0.6) is 0 Å². The number of benzene rings is 1. The topological polar surface area (TPSA) is 128 Å². The van der Waals surface area contributed by atoms with Crippen molar-refractivity contribution in [3.8, 4) is 0 Å². The molecule has 2 amide bonds. The number of amides is 2. The first-order chi connectivity index (χ1) is 10.5. The van der Waals surface area contributed by atoms with Gasteiger partial charge in [-0.2, -0.15) is 0 Å². The molecule has 1 aromatic rings. The van der Waals surface area contributed by atoms with Crippen molar-refractivity contribution in [2.24, 2.45) is 0 Å². The molecular weight excluding hydrogens is 294 g/mol. The van der Waals surface area contributed by atoms with E-state index in [9.17, 15) is 24.9 Å². The van der Waals surface area contributed by atoms with Crippen LogP contribution in [0.2, 0.25) is 0 Å². The molecule has 1 aromatic carbocycles. The van der Waals surface area contributed by atoms with Gasteiger partial charge in [-0.3, -0.25) is 9.59 Å². The number of hydrogen-bond acceptors (Lipinski definition) is 7. The minimum atomic E-state index is -1.68. The Hall–Kier alpha value is -1.84. The van der Waals surface area contributed by atoms with Crippen molar-refractivity contribution in [1.29, 1.82) is 0 Å². The average molecular weight is 309 g/mol. The molecule has 0 aliphatic carbocycles. The Balaban J connectivity index is 1.94. The van der Waals surface area contributed by atoms with Gasteiger partial charge >= 0.3 is 0 Å². The van der Waals surface area contributed by atoms with Gasteiger partial charge in [-0.1, -0.05) is 12.1 Å². The maximum atomic E-state index is 12.3. The van der Waals surface area contributed by atoms with Crippen molar-refractivity contribution in [3.05, 3.63) is 35.4 Å². The van der Waals surface area contributed by atoms with Gasteiger partial charge in [0.1, 0.15) is 24.4 Å². The molecule has 1 fully saturated rings. The molecule has 8 heteroatoms. The molecule has 3 rings (SSSR count). The third kappa shape index (κ3) is 2.04. The molecular formula is C14H15NO7. The van der Waals surface area contributed by atoms with E-state index in [1.54, 1.807) is 12.1 Å². The first kappa shape index (κ1) is 15.1. The van der Waals surface area contributed by atoms with Crippen LogP contribution in [0.15, 0.2) is 24.3 Å². The quantitative estimate of drug-likeness (QED) is 0.469. The number of aliphatic hydroxyl groups is 4. The number of imide groups is 1. The highest BCUT2D eigenvalue weighted by atomic mass is 16.6. The zero-order chi connectivity index (χ0) is 16.0. The summed E-state index contributed by atoms with van der Waals surface area (Å²) < 4.78 is 5.26. The molecule has 2 aliphatic rings. The maximum absolute atomic E-state index is 12.3. The van der Waals surface area contributed by atoms with E-state index in [1.165, 1.54) is 12.1 Å². The van der Waals surface area contributed by atoms with E-state index in [0.29, 0.717) is 4.90 Å². The Bertz CT molecular complexity index is 582. The predicted octanol–water partition coefficient (Wildman–Crippen LogP) is -1.92. The highest BCUT2D eigenvalue weighted by Gasteiger charge is 2.51. The van der Waals surface area contributed by atoms with Crippen LogP contribution in [0.1, 0.15) is 20.7 Å². The fraction of sp³-hybridized carbons (Fsp3) is 0.429. The number of fused-ring (bicyclic) bond motifs is 1. The summed E-state index contributed by atoms with van der Waals surface area (Å²) in [5.41, 5.74) is 0.342. The summed E-state index contributed by atoms with van der Waals surface area (Å²) in [5.74, 6) is -1.32. The van der Waals surface area contributed by atoms with Crippen molar-refractivity contribution in [2.45, 2.75) is 30.6 Å². The number of rotatable bonds is 2. The summed E-state index contributed by atoms with van der Waals surface area (Å²) >= 11 is 0. The second kappa shape index (κ2) is 5.41. The second-order valence-electron chi connectivity index (χ2n) is 5.25. The summed E-state index contributed by atoms with van der Waals surface area (Å²) in [5, 5.41) is 38.7. The maximum Gasteiger partial charge on any atom is 0.263 e. The average Bonchev–Trinajstić information content (AvgIpc) is 2.78. The largest absolute Gasteiger partial charge is 0.394 e. The Morgan fingerprint density at radius 2 is 1.50 bits per heavy atom. The molecule has 118 valence electrons. The molecule has 2 heterocycles. The van der Waals surface area contributed by atoms with Crippen LogP contribution in [0, 0.1) is 0 Å². The van der Waals surface area contributed by atoms with Crippen molar-refractivity contribution in [3.63, 3.8) is 0 Å². The zero-order valence-electron chi connectivity index (χ0n) is 11.4. The Labute approximate surface area is 125 Å². The number of carbonyl (C=O) groups is 2. The van der Waals surface area contributed by atoms with Gasteiger partial charge in [-0.15, -0.1) is 0 Å². The van der Waals surface area contributed by atoms with Gasteiger partial charge in [-0.25, -0.2) is 4.90 Å². The van der Waals surface area contributed by atoms with E-state index in [2.05, 4.69) is 0 Å². The fourth-order valence-electron chi connectivity index (χ4n) is 2.73. The third-order valence-corrected chi connectivity index (χ3v) is 3.95. The van der Waals surface area contributed by atoms with Gasteiger partial charge < -0.3 is 25.2 Å². The summed E-state index contributed by atoms with van der Waals surface area (Å²) in [4.78, 5) is 25.4. The molecule has 8 nitrogen and oxygen atoms in total. The van der Waals surface area contributed by atoms with Gasteiger partial charge in [0.15, 0.2) is 6.23 Å². The van der Waals surface area contributed by atoms with Crippen LogP contribution in [0.4, 0.5) is 0 Å². The highest BCUT2D eigenvalue weighted by molar-refractivity contribution is 6.21. The SMILES string of the molecule is O=C1c2ccccc2C(=O)N1[C@@H]1O[C@H](CO)[C@@H](O)[C@H](O)[C@H]1O. The molecule has 0 saturated carbocycles. The van der Waals surface area contributed by atoms with Crippen LogP contribution in [0.3, 0.4) is 0 Å². The smallest absolute Gasteiger partial charge is 0.263 e. The molecule has 0 unspecified atom stereocenters. The molecule has 5 atom stereocenters. The standard InChI is InChI=1S/C14H15NO7/c16-5-8-9(17)10(18)11(19)14(22-8)15-12(20)6-3-1-2-4-7(6)13(15)21/h1-4,8-11,14,16-19H,5H2/t8-,9-,10+,11-,14-/m1/s1. The third-order valence-electron chi connectivity index (χ3n) is 3.95.